The number of aromatic nitrogens is 9. The molecule has 5 aromatic heterocycles. The number of H-pyrrole nitrogens is 1. The van der Waals surface area contributed by atoms with Crippen LogP contribution >= 0.6 is 0 Å². The number of fused-ring (bicyclic) bond motifs is 3. The van der Waals surface area contributed by atoms with Crippen LogP contribution in [0.5, 0.6) is 0 Å². The van der Waals surface area contributed by atoms with E-state index in [4.69, 9.17) is 4.74 Å². The molecule has 1 fully saturated rings. The van der Waals surface area contributed by atoms with Gasteiger partial charge in [-0.1, -0.05) is 18.2 Å². The highest BCUT2D eigenvalue weighted by atomic mass is 16.5. The molecule has 51 heavy (non-hydrogen) atoms. The van der Waals surface area contributed by atoms with E-state index in [0.29, 0.717) is 17.9 Å². The van der Waals surface area contributed by atoms with Crippen molar-refractivity contribution < 1.29 is 9.53 Å². The maximum absolute atomic E-state index is 12.0. The number of nitrogens with one attached hydrogen (secondary N) is 5. The van der Waals surface area contributed by atoms with Crippen LogP contribution < -0.4 is 21.3 Å². The highest BCUT2D eigenvalue weighted by Gasteiger charge is 2.38. The molecule has 0 bridgehead atoms. The summed E-state index contributed by atoms with van der Waals surface area (Å²) in [7, 11) is 0. The standard InChI is InChI=1S/C19H20N8O.C17H17N5O/c1-2-16(22-15-8-10-28-11-9-15)27-17(3-1)24-19(26-27)23-14-6-4-13(5-7-14)18-20-12-21-25-18;1-10-5-4-6-14-20-16(21-22(10)14)18-11-7-8-12-13(9-11)19-15(23)17(12,2)3/h1-7,12,15,22H,8-11H2,(H,23,26)(H,20,21,25);4-9H,1-3H3,(H,18,21)(H,19,23). The first kappa shape index (κ1) is 31.9. The van der Waals surface area contributed by atoms with E-state index in [1.165, 1.54) is 6.33 Å². The lowest BCUT2D eigenvalue weighted by Gasteiger charge is -2.24. The molecule has 1 amide bonds. The van der Waals surface area contributed by atoms with Crippen molar-refractivity contribution in [3.63, 3.8) is 0 Å². The molecule has 258 valence electrons. The van der Waals surface area contributed by atoms with Gasteiger partial charge in [-0.25, -0.2) is 9.50 Å². The molecule has 0 radical (unpaired) electrons. The molecule has 2 aliphatic heterocycles. The minimum absolute atomic E-state index is 0.0196. The van der Waals surface area contributed by atoms with Crippen molar-refractivity contribution in [1.29, 1.82) is 0 Å². The third-order valence-corrected chi connectivity index (χ3v) is 9.08. The summed E-state index contributed by atoms with van der Waals surface area (Å²) < 4.78 is 9.06. The molecule has 7 aromatic rings. The van der Waals surface area contributed by atoms with Crippen molar-refractivity contribution >= 4 is 52.0 Å². The summed E-state index contributed by atoms with van der Waals surface area (Å²) >= 11 is 0. The van der Waals surface area contributed by atoms with E-state index in [1.807, 2.05) is 104 Å². The number of aryl methyl sites for hydroxylation is 1. The Balaban J connectivity index is 0.000000150. The summed E-state index contributed by atoms with van der Waals surface area (Å²) in [6.45, 7) is 7.42. The third-order valence-electron chi connectivity index (χ3n) is 9.08. The van der Waals surface area contributed by atoms with Crippen molar-refractivity contribution in [3.8, 4) is 11.4 Å². The summed E-state index contributed by atoms with van der Waals surface area (Å²) in [5.41, 5.74) is 6.66. The molecule has 2 aromatic carbocycles. The number of rotatable bonds is 7. The number of nitrogens with zero attached hydrogens (tertiary/aromatic N) is 8. The zero-order chi connectivity index (χ0) is 35.0. The fourth-order valence-corrected chi connectivity index (χ4v) is 6.19. The van der Waals surface area contributed by atoms with Crippen LogP contribution in [0.15, 0.2) is 85.2 Å². The van der Waals surface area contributed by atoms with Crippen LogP contribution in [0.4, 0.5) is 34.8 Å². The molecular formula is C36H37N13O2. The fourth-order valence-electron chi connectivity index (χ4n) is 6.19. The second-order valence-electron chi connectivity index (χ2n) is 13.0. The molecular weight excluding hydrogens is 646 g/mol. The van der Waals surface area contributed by atoms with E-state index in [1.54, 1.807) is 4.52 Å². The Hall–Kier alpha value is -6.35. The van der Waals surface area contributed by atoms with Gasteiger partial charge in [-0.2, -0.15) is 19.6 Å². The highest BCUT2D eigenvalue weighted by Crippen LogP contribution is 2.39. The molecule has 7 heterocycles. The number of ether oxygens (including phenoxy) is 1. The predicted molar refractivity (Wildman–Crippen MR) is 195 cm³/mol. The van der Waals surface area contributed by atoms with Gasteiger partial charge >= 0.3 is 0 Å². The Morgan fingerprint density at radius 1 is 0.843 bits per heavy atom. The number of hydrogen-bond donors (Lipinski definition) is 5. The van der Waals surface area contributed by atoms with Crippen LogP contribution in [0.3, 0.4) is 0 Å². The van der Waals surface area contributed by atoms with E-state index >= 15 is 0 Å². The molecule has 1 saturated heterocycles. The number of carbonyl (C=O) groups is 1. The Morgan fingerprint density at radius 2 is 1.53 bits per heavy atom. The summed E-state index contributed by atoms with van der Waals surface area (Å²) in [6, 6.07) is 25.9. The van der Waals surface area contributed by atoms with E-state index in [9.17, 15) is 4.79 Å². The van der Waals surface area contributed by atoms with Gasteiger partial charge < -0.3 is 26.0 Å². The average molecular weight is 684 g/mol. The van der Waals surface area contributed by atoms with E-state index < -0.39 is 5.41 Å². The minimum atomic E-state index is -0.494. The van der Waals surface area contributed by atoms with Crippen molar-refractivity contribution in [1.82, 2.24) is 44.4 Å². The molecule has 0 unspecified atom stereocenters. The average Bonchev–Trinajstić information content (AvgIpc) is 3.93. The SMILES string of the molecule is Cc1cccc2nc(Nc3ccc4c(c3)NC(=O)C4(C)C)nn12.c1cc(NC2CCOCC2)n2nc(Nc3ccc(-c4ncn[nH]4)cc3)nc2c1. The topological polar surface area (TPSA) is 176 Å². The molecule has 0 saturated carbocycles. The van der Waals surface area contributed by atoms with Crippen LogP contribution in [0, 0.1) is 6.92 Å². The van der Waals surface area contributed by atoms with Gasteiger partial charge in [-0.05, 0) is 99.8 Å². The smallest absolute Gasteiger partial charge is 0.247 e. The number of aromatic amines is 1. The molecule has 0 atom stereocenters. The zero-order valence-corrected chi connectivity index (χ0v) is 28.4. The lowest BCUT2D eigenvalue weighted by molar-refractivity contribution is -0.119. The van der Waals surface area contributed by atoms with Gasteiger partial charge in [0.05, 0.1) is 5.41 Å². The van der Waals surface area contributed by atoms with E-state index in [-0.39, 0.29) is 5.91 Å². The predicted octanol–water partition coefficient (Wildman–Crippen LogP) is 5.86. The monoisotopic (exact) mass is 683 g/mol. The normalized spacial score (nSPS) is 15.2. The summed E-state index contributed by atoms with van der Waals surface area (Å²) in [6.07, 6.45) is 3.48. The number of carbonyl (C=O) groups excluding carboxylic acids is 1. The van der Waals surface area contributed by atoms with Gasteiger partial charge in [0, 0.05) is 47.6 Å². The van der Waals surface area contributed by atoms with Crippen LogP contribution in [0.2, 0.25) is 0 Å². The summed E-state index contributed by atoms with van der Waals surface area (Å²) in [5, 5.41) is 28.7. The van der Waals surface area contributed by atoms with Crippen LogP contribution in [0.1, 0.15) is 37.9 Å². The second-order valence-corrected chi connectivity index (χ2v) is 13.0. The maximum Gasteiger partial charge on any atom is 0.247 e. The Bertz CT molecular complexity index is 2320. The first-order valence-corrected chi connectivity index (χ1v) is 16.8. The summed E-state index contributed by atoms with van der Waals surface area (Å²) in [4.78, 5) is 25.2. The number of pyridine rings is 2. The quantitative estimate of drug-likeness (QED) is 0.136. The van der Waals surface area contributed by atoms with Gasteiger partial charge in [-0.3, -0.25) is 9.89 Å². The van der Waals surface area contributed by atoms with Crippen LogP contribution in [0.25, 0.3) is 22.7 Å². The minimum Gasteiger partial charge on any atom is -0.381 e. The van der Waals surface area contributed by atoms with Crippen molar-refractivity contribution in [2.45, 2.75) is 45.1 Å². The van der Waals surface area contributed by atoms with E-state index in [2.05, 4.69) is 56.6 Å². The van der Waals surface area contributed by atoms with Crippen LogP contribution in [-0.2, 0) is 14.9 Å². The first-order chi connectivity index (χ1) is 24.8. The van der Waals surface area contributed by atoms with Gasteiger partial charge in [0.25, 0.3) is 0 Å². The second kappa shape index (κ2) is 13.2. The van der Waals surface area contributed by atoms with Gasteiger partial charge in [-0.15, -0.1) is 10.2 Å². The van der Waals surface area contributed by atoms with Crippen molar-refractivity contribution in [2.75, 3.05) is 34.5 Å². The molecule has 5 N–H and O–H groups in total. The summed E-state index contributed by atoms with van der Waals surface area (Å²) in [5.74, 6) is 2.77. The molecule has 15 nitrogen and oxygen atoms in total. The number of benzene rings is 2. The van der Waals surface area contributed by atoms with E-state index in [0.717, 1.165) is 82.9 Å². The molecule has 2 aliphatic rings. The number of amides is 1. The van der Waals surface area contributed by atoms with Gasteiger partial charge in [0.1, 0.15) is 12.1 Å². The number of anilines is 6. The van der Waals surface area contributed by atoms with Crippen molar-refractivity contribution in [3.05, 3.63) is 96.4 Å². The molecule has 9 rings (SSSR count). The molecule has 0 aliphatic carbocycles. The Labute approximate surface area is 292 Å². The Kier molecular flexibility index (Phi) is 8.23. The highest BCUT2D eigenvalue weighted by molar-refractivity contribution is 6.06. The fraction of sp³-hybridized carbons (Fsp3) is 0.250. The van der Waals surface area contributed by atoms with Gasteiger partial charge in [0.2, 0.25) is 17.8 Å². The first-order valence-electron chi connectivity index (χ1n) is 16.8. The lowest BCUT2D eigenvalue weighted by Crippen LogP contribution is -2.28. The Morgan fingerprint density at radius 3 is 2.25 bits per heavy atom. The molecule has 15 heteroatoms. The lowest BCUT2D eigenvalue weighted by atomic mass is 9.86. The molecule has 0 spiro atoms. The van der Waals surface area contributed by atoms with Crippen LogP contribution in [-0.4, -0.2) is 69.5 Å². The third kappa shape index (κ3) is 6.53. The van der Waals surface area contributed by atoms with Crippen molar-refractivity contribution in [2.24, 2.45) is 0 Å². The zero-order valence-electron chi connectivity index (χ0n) is 28.4. The number of hydrogen-bond acceptors (Lipinski definition) is 11. The maximum atomic E-state index is 12.0. The largest absolute Gasteiger partial charge is 0.381 e. The van der Waals surface area contributed by atoms with Gasteiger partial charge in [0.15, 0.2) is 17.1 Å².